The van der Waals surface area contributed by atoms with Crippen molar-refractivity contribution in [2.24, 2.45) is 0 Å². The Morgan fingerprint density at radius 3 is 2.27 bits per heavy atom. The zero-order valence-electron chi connectivity index (χ0n) is 19.7. The lowest BCUT2D eigenvalue weighted by Crippen LogP contribution is -2.31. The lowest BCUT2D eigenvalue weighted by molar-refractivity contribution is -0.231. The molecule has 0 bridgehead atoms. The predicted molar refractivity (Wildman–Crippen MR) is 119 cm³/mol. The van der Waals surface area contributed by atoms with Crippen LogP contribution in [0.25, 0.3) is 0 Å². The van der Waals surface area contributed by atoms with Gasteiger partial charge in [-0.1, -0.05) is 30.3 Å². The number of carbonyl (C=O) groups is 1. The van der Waals surface area contributed by atoms with Gasteiger partial charge in [0, 0.05) is 0 Å². The summed E-state index contributed by atoms with van der Waals surface area (Å²) in [7, 11) is -3.95. The second-order valence-electron chi connectivity index (χ2n) is 7.94. The van der Waals surface area contributed by atoms with Gasteiger partial charge >= 0.3 is 13.6 Å². The molecule has 1 aromatic rings. The van der Waals surface area contributed by atoms with Crippen LogP contribution in [0.4, 0.5) is 0 Å². The van der Waals surface area contributed by atoms with Gasteiger partial charge in [-0.15, -0.1) is 0 Å². The van der Waals surface area contributed by atoms with E-state index in [0.29, 0.717) is 6.61 Å². The molecule has 0 radical (unpaired) electrons. The van der Waals surface area contributed by atoms with Gasteiger partial charge in [-0.25, -0.2) is 4.79 Å². The number of hydrogen-bond acceptors (Lipinski definition) is 9. The Kier molecular flexibility index (Phi) is 8.86. The van der Waals surface area contributed by atoms with Gasteiger partial charge in [0.25, 0.3) is 0 Å². The quantitative estimate of drug-likeness (QED) is 0.198. The van der Waals surface area contributed by atoms with Crippen molar-refractivity contribution in [3.8, 4) is 0 Å². The Hall–Kier alpha value is -1.58. The maximum Gasteiger partial charge on any atom is 0.368 e. The topological polar surface area (TPSA) is 98.8 Å². The Morgan fingerprint density at radius 2 is 1.67 bits per heavy atom. The summed E-state index contributed by atoms with van der Waals surface area (Å²) < 4.78 is 53.5. The molecule has 0 unspecified atom stereocenters. The summed E-state index contributed by atoms with van der Waals surface area (Å²) in [5, 5.41) is -0.228. The number of ether oxygens (including phenoxy) is 5. The molecule has 2 fully saturated rings. The van der Waals surface area contributed by atoms with Gasteiger partial charge in [-0.05, 0) is 46.3 Å². The first-order chi connectivity index (χ1) is 15.7. The summed E-state index contributed by atoms with van der Waals surface area (Å²) in [4.78, 5) is 12.8. The molecule has 33 heavy (non-hydrogen) atoms. The molecular formula is C23H33O9P. The standard InChI is InChI=1S/C23H33O9P/c1-6-26-21(24)18(33(25,28-7-2)29-8-3)14-17-19-20(32-23(4,5)31-19)22(30-17)27-15-16-12-10-9-11-13-16/h9-14,17,19-20,22H,6-8,15H2,1-5H3/b18-14+/t17-,19+,20+,22+/m1/s1/i18+1,21+1. The highest BCUT2D eigenvalue weighted by atomic mass is 31.2. The molecule has 184 valence electrons. The first-order valence-corrected chi connectivity index (χ1v) is 12.7. The summed E-state index contributed by atoms with van der Waals surface area (Å²) in [6.07, 6.45) is -1.31. The minimum atomic E-state index is -3.95. The average Bonchev–Trinajstić information content (AvgIpc) is 3.24. The summed E-state index contributed by atoms with van der Waals surface area (Å²) in [5.41, 5.74) is 0.972. The fraction of sp³-hybridized carbons (Fsp3) is 0.609. The van der Waals surface area contributed by atoms with Crippen molar-refractivity contribution in [2.45, 2.75) is 71.6 Å². The Morgan fingerprint density at radius 1 is 1.03 bits per heavy atom. The van der Waals surface area contributed by atoms with Crippen LogP contribution >= 0.6 is 7.60 Å². The van der Waals surface area contributed by atoms with Crippen LogP contribution in [-0.2, 0) is 48.7 Å². The summed E-state index contributed by atoms with van der Waals surface area (Å²) in [5.74, 6) is -1.68. The van der Waals surface area contributed by atoms with Crippen molar-refractivity contribution < 1.29 is 42.1 Å². The molecule has 0 saturated carbocycles. The first kappa shape index (κ1) is 26.0. The molecule has 0 amide bonds. The smallest absolute Gasteiger partial charge is 0.368 e. The van der Waals surface area contributed by atoms with Crippen LogP contribution in [0.2, 0.25) is 0 Å². The largest absolute Gasteiger partial charge is 0.462 e. The van der Waals surface area contributed by atoms with Crippen molar-refractivity contribution >= 4 is 13.6 Å². The molecule has 0 aromatic heterocycles. The molecule has 2 saturated heterocycles. The van der Waals surface area contributed by atoms with Crippen LogP contribution in [0.3, 0.4) is 0 Å². The van der Waals surface area contributed by atoms with E-state index in [0.717, 1.165) is 5.56 Å². The Bertz CT molecular complexity index is 860. The highest BCUT2D eigenvalue weighted by molar-refractivity contribution is 7.59. The van der Waals surface area contributed by atoms with E-state index in [-0.39, 0.29) is 25.1 Å². The second kappa shape index (κ2) is 11.2. The van der Waals surface area contributed by atoms with E-state index in [1.807, 2.05) is 30.3 Å². The number of rotatable bonds is 11. The zero-order valence-corrected chi connectivity index (χ0v) is 20.6. The van der Waals surface area contributed by atoms with Gasteiger partial charge in [-0.2, -0.15) is 0 Å². The van der Waals surface area contributed by atoms with Gasteiger partial charge in [0.05, 0.1) is 26.4 Å². The summed E-state index contributed by atoms with van der Waals surface area (Å²) in [6, 6.07) is 9.66. The normalized spacial score (nSPS) is 26.9. The zero-order chi connectivity index (χ0) is 24.1. The maximum absolute atomic E-state index is 13.5. The van der Waals surface area contributed by atoms with Crippen molar-refractivity contribution in [1.29, 1.82) is 0 Å². The molecule has 3 rings (SSSR count). The molecule has 2 heterocycles. The van der Waals surface area contributed by atoms with Crippen LogP contribution in [0, 0.1) is 0 Å². The molecule has 10 heteroatoms. The van der Waals surface area contributed by atoms with Crippen LogP contribution in [0.15, 0.2) is 41.7 Å². The monoisotopic (exact) mass is 486 g/mol. The van der Waals surface area contributed by atoms with Crippen molar-refractivity contribution in [2.75, 3.05) is 19.8 Å². The fourth-order valence-electron chi connectivity index (χ4n) is 3.76. The fourth-order valence-corrected chi connectivity index (χ4v) is 5.41. The van der Waals surface area contributed by atoms with Crippen molar-refractivity contribution in [1.82, 2.24) is 0 Å². The lowest BCUT2D eigenvalue weighted by Gasteiger charge is -2.24. The summed E-state index contributed by atoms with van der Waals surface area (Å²) >= 11 is 0. The van der Waals surface area contributed by atoms with E-state index in [9.17, 15) is 9.36 Å². The number of benzene rings is 1. The predicted octanol–water partition coefficient (Wildman–Crippen LogP) is 4.16. The molecule has 2 aliphatic heterocycles. The van der Waals surface area contributed by atoms with Crippen LogP contribution in [0.5, 0.6) is 0 Å². The minimum Gasteiger partial charge on any atom is -0.462 e. The molecular weight excluding hydrogens is 453 g/mol. The van der Waals surface area contributed by atoms with Gasteiger partial charge in [0.2, 0.25) is 0 Å². The third-order valence-corrected chi connectivity index (χ3v) is 7.12. The highest BCUT2D eigenvalue weighted by Crippen LogP contribution is 2.57. The molecule has 1 aromatic carbocycles. The third-order valence-electron chi connectivity index (χ3n) is 5.00. The van der Waals surface area contributed by atoms with E-state index < -0.39 is 44.0 Å². The first-order valence-electron chi connectivity index (χ1n) is 11.2. The van der Waals surface area contributed by atoms with Gasteiger partial charge in [-0.3, -0.25) is 4.57 Å². The highest BCUT2D eigenvalue weighted by Gasteiger charge is 2.56. The number of fused-ring (bicyclic) bond motifs is 1. The van der Waals surface area contributed by atoms with Gasteiger partial charge in [0.15, 0.2) is 12.1 Å². The maximum atomic E-state index is 13.5. The third kappa shape index (κ3) is 6.31. The number of esters is 1. The van der Waals surface area contributed by atoms with E-state index in [1.54, 1.807) is 34.6 Å². The molecule has 0 aliphatic carbocycles. The SMILES string of the molecule is CCO[13C](=O)/[13C](=C\[C@H]1O[C@H](OCc2ccccc2)[C@H]2OC(C)(C)O[C@H]21)P(=O)(OCC)OCC. The Balaban J connectivity index is 1.89. The van der Waals surface area contributed by atoms with E-state index in [1.165, 1.54) is 6.08 Å². The average molecular weight is 486 g/mol. The lowest BCUT2D eigenvalue weighted by atomic mass is 10.1. The van der Waals surface area contributed by atoms with Crippen LogP contribution in [-0.4, -0.2) is 56.2 Å². The number of hydrogen-bond donors (Lipinski definition) is 0. The van der Waals surface area contributed by atoms with Gasteiger partial charge in [0.1, 0.15) is 23.6 Å². The van der Waals surface area contributed by atoms with Crippen molar-refractivity contribution in [3.63, 3.8) is 0 Å². The van der Waals surface area contributed by atoms with E-state index >= 15 is 0 Å². The molecule has 0 N–H and O–H groups in total. The molecule has 9 nitrogen and oxygen atoms in total. The van der Waals surface area contributed by atoms with Crippen LogP contribution < -0.4 is 0 Å². The molecule has 4 atom stereocenters. The van der Waals surface area contributed by atoms with Crippen molar-refractivity contribution in [3.05, 3.63) is 47.3 Å². The number of carbonyl (C=O) groups excluding carboxylic acids is 1. The summed E-state index contributed by atoms with van der Waals surface area (Å²) in [6.45, 7) is 9.14. The van der Waals surface area contributed by atoms with Crippen LogP contribution in [0.1, 0.15) is 40.2 Å². The van der Waals surface area contributed by atoms with E-state index in [4.69, 9.17) is 32.7 Å². The van der Waals surface area contributed by atoms with Gasteiger partial charge < -0.3 is 32.7 Å². The minimum absolute atomic E-state index is 0.0844. The molecule has 0 spiro atoms. The van der Waals surface area contributed by atoms with E-state index in [2.05, 4.69) is 0 Å². The molecule has 2 aliphatic rings. The second-order valence-corrected chi connectivity index (χ2v) is 9.93. The Labute approximate surface area is 194 Å².